The molecule has 0 spiro atoms. The maximum atomic E-state index is 12.5. The molecule has 6 atom stereocenters. The van der Waals surface area contributed by atoms with Gasteiger partial charge in [0, 0.05) is 10.8 Å². The number of aliphatic hydroxyl groups is 2. The number of hydrogen-bond acceptors (Lipinski definition) is 4. The van der Waals surface area contributed by atoms with Gasteiger partial charge in [0.15, 0.2) is 11.6 Å². The van der Waals surface area contributed by atoms with Gasteiger partial charge in [-0.25, -0.2) is 0 Å². The van der Waals surface area contributed by atoms with Crippen molar-refractivity contribution in [2.45, 2.75) is 52.1 Å². The van der Waals surface area contributed by atoms with Gasteiger partial charge in [0.25, 0.3) is 0 Å². The van der Waals surface area contributed by atoms with Crippen molar-refractivity contribution < 1.29 is 19.8 Å². The largest absolute Gasteiger partial charge is 0.388 e. The molecule has 0 aromatic rings. The summed E-state index contributed by atoms with van der Waals surface area (Å²) in [6.07, 6.45) is 10.9. The normalized spacial score (nSPS) is 46.8. The Hall–Kier alpha value is -1.52. The fraction of sp³-hybridized carbons (Fsp3) is 0.636. The number of hydrogen-bond donors (Lipinski definition) is 2. The van der Waals surface area contributed by atoms with Crippen LogP contribution < -0.4 is 0 Å². The van der Waals surface area contributed by atoms with Crippen molar-refractivity contribution in [2.24, 2.45) is 28.6 Å². The fourth-order valence-electron chi connectivity index (χ4n) is 6.58. The minimum atomic E-state index is -1.47. The summed E-state index contributed by atoms with van der Waals surface area (Å²) in [6, 6.07) is 0. The molecule has 0 saturated heterocycles. The molecule has 0 bridgehead atoms. The quantitative estimate of drug-likeness (QED) is 0.746. The molecule has 4 aliphatic rings. The van der Waals surface area contributed by atoms with Gasteiger partial charge in [0.05, 0.1) is 0 Å². The van der Waals surface area contributed by atoms with Gasteiger partial charge in [0.2, 0.25) is 0 Å². The third-order valence-corrected chi connectivity index (χ3v) is 8.10. The molecule has 2 saturated carbocycles. The maximum Gasteiger partial charge on any atom is 0.190 e. The maximum absolute atomic E-state index is 12.5. The minimum Gasteiger partial charge on any atom is -0.388 e. The molecule has 2 unspecified atom stereocenters. The monoisotopic (exact) mass is 356 g/mol. The van der Waals surface area contributed by atoms with Gasteiger partial charge in [-0.05, 0) is 62.5 Å². The van der Waals surface area contributed by atoms with Crippen LogP contribution in [0.25, 0.3) is 0 Å². The van der Waals surface area contributed by atoms with Crippen LogP contribution in [0.1, 0.15) is 46.5 Å². The SMILES string of the molecule is C[C@@H]1CC2C3CCC4=CC(=O)C=C[C@]4(C)C3=CC[C@]2(C)[C@@]1(O)C(=O)CO. The zero-order valence-corrected chi connectivity index (χ0v) is 15.8. The van der Waals surface area contributed by atoms with Crippen LogP contribution in [0.2, 0.25) is 0 Å². The number of carbonyl (C=O) groups is 2. The molecule has 0 amide bonds. The summed E-state index contributed by atoms with van der Waals surface area (Å²) < 4.78 is 0. The average molecular weight is 356 g/mol. The van der Waals surface area contributed by atoms with Gasteiger partial charge in [-0.1, -0.05) is 37.1 Å². The number of aliphatic hydroxyl groups excluding tert-OH is 1. The van der Waals surface area contributed by atoms with Crippen LogP contribution in [0.3, 0.4) is 0 Å². The zero-order chi connectivity index (χ0) is 18.9. The Morgan fingerprint density at radius 2 is 2.08 bits per heavy atom. The van der Waals surface area contributed by atoms with Gasteiger partial charge in [-0.2, -0.15) is 0 Å². The van der Waals surface area contributed by atoms with Crippen LogP contribution in [0, 0.1) is 28.6 Å². The molecule has 4 heteroatoms. The van der Waals surface area contributed by atoms with Crippen molar-refractivity contribution in [1.29, 1.82) is 0 Å². The predicted molar refractivity (Wildman–Crippen MR) is 98.2 cm³/mol. The minimum absolute atomic E-state index is 0.0644. The van der Waals surface area contributed by atoms with E-state index in [0.29, 0.717) is 12.3 Å². The van der Waals surface area contributed by atoms with Crippen molar-refractivity contribution in [3.05, 3.63) is 35.5 Å². The molecule has 4 nitrogen and oxygen atoms in total. The highest BCUT2D eigenvalue weighted by Crippen LogP contribution is 2.66. The van der Waals surface area contributed by atoms with Crippen LogP contribution in [0.5, 0.6) is 0 Å². The van der Waals surface area contributed by atoms with Gasteiger partial charge in [-0.15, -0.1) is 0 Å². The van der Waals surface area contributed by atoms with Crippen molar-refractivity contribution in [3.8, 4) is 0 Å². The summed E-state index contributed by atoms with van der Waals surface area (Å²) in [7, 11) is 0. The summed E-state index contributed by atoms with van der Waals surface area (Å²) in [5.41, 5.74) is 0.289. The number of Topliss-reactive ketones (excluding diaryl/α,β-unsaturated/α-hetero) is 1. The molecule has 0 heterocycles. The van der Waals surface area contributed by atoms with E-state index in [1.54, 1.807) is 12.2 Å². The van der Waals surface area contributed by atoms with E-state index in [1.165, 1.54) is 11.1 Å². The Bertz CT molecular complexity index is 775. The highest BCUT2D eigenvalue weighted by atomic mass is 16.3. The summed E-state index contributed by atoms with van der Waals surface area (Å²) in [4.78, 5) is 24.3. The fourth-order valence-corrected chi connectivity index (χ4v) is 6.58. The lowest BCUT2D eigenvalue weighted by Gasteiger charge is -2.53. The van der Waals surface area contributed by atoms with Crippen molar-refractivity contribution in [3.63, 3.8) is 0 Å². The summed E-state index contributed by atoms with van der Waals surface area (Å²) in [6.45, 7) is 5.54. The Labute approximate surface area is 154 Å². The molecule has 2 fully saturated rings. The lowest BCUT2D eigenvalue weighted by atomic mass is 9.51. The molecule has 0 aromatic heterocycles. The van der Waals surface area contributed by atoms with E-state index in [9.17, 15) is 19.8 Å². The first-order chi connectivity index (χ1) is 12.2. The number of rotatable bonds is 2. The van der Waals surface area contributed by atoms with E-state index < -0.39 is 23.4 Å². The average Bonchev–Trinajstić information content (AvgIpc) is 2.83. The third kappa shape index (κ3) is 1.97. The van der Waals surface area contributed by atoms with Crippen LogP contribution in [0.15, 0.2) is 35.5 Å². The van der Waals surface area contributed by atoms with E-state index in [1.807, 2.05) is 19.9 Å². The second-order valence-corrected chi connectivity index (χ2v) is 9.12. The van der Waals surface area contributed by atoms with Gasteiger partial charge >= 0.3 is 0 Å². The summed E-state index contributed by atoms with van der Waals surface area (Å²) in [5, 5.41) is 20.9. The van der Waals surface area contributed by atoms with Crippen LogP contribution in [-0.2, 0) is 9.59 Å². The first-order valence-electron chi connectivity index (χ1n) is 9.70. The number of allylic oxidation sites excluding steroid dienone is 6. The highest BCUT2D eigenvalue weighted by Gasteiger charge is 2.66. The zero-order valence-electron chi connectivity index (χ0n) is 15.8. The molecule has 0 radical (unpaired) electrons. The molecule has 140 valence electrons. The van der Waals surface area contributed by atoms with Crippen molar-refractivity contribution >= 4 is 11.6 Å². The molecule has 26 heavy (non-hydrogen) atoms. The highest BCUT2D eigenvalue weighted by molar-refractivity contribution is 6.01. The third-order valence-electron chi connectivity index (χ3n) is 8.10. The first kappa shape index (κ1) is 17.9. The molecular formula is C22H28O4. The van der Waals surface area contributed by atoms with Gasteiger partial charge in [0.1, 0.15) is 12.2 Å². The molecule has 0 aromatic carbocycles. The van der Waals surface area contributed by atoms with E-state index in [4.69, 9.17) is 0 Å². The Morgan fingerprint density at radius 1 is 1.35 bits per heavy atom. The number of fused-ring (bicyclic) bond motifs is 5. The topological polar surface area (TPSA) is 74.6 Å². The van der Waals surface area contributed by atoms with Crippen molar-refractivity contribution in [2.75, 3.05) is 6.61 Å². The van der Waals surface area contributed by atoms with Gasteiger partial charge < -0.3 is 10.2 Å². The van der Waals surface area contributed by atoms with E-state index in [-0.39, 0.29) is 23.0 Å². The second kappa shape index (κ2) is 5.49. The lowest BCUT2D eigenvalue weighted by molar-refractivity contribution is -0.161. The summed E-state index contributed by atoms with van der Waals surface area (Å²) >= 11 is 0. The second-order valence-electron chi connectivity index (χ2n) is 9.12. The summed E-state index contributed by atoms with van der Waals surface area (Å²) in [5.74, 6) is -0.0376. The molecule has 2 N–H and O–H groups in total. The molecule has 0 aliphatic heterocycles. The molecule has 4 aliphatic carbocycles. The van der Waals surface area contributed by atoms with E-state index in [0.717, 1.165) is 19.3 Å². The lowest BCUT2D eigenvalue weighted by Crippen LogP contribution is -2.57. The van der Waals surface area contributed by atoms with Crippen LogP contribution in [0.4, 0.5) is 0 Å². The Kier molecular flexibility index (Phi) is 3.78. The molecular weight excluding hydrogens is 328 g/mol. The Morgan fingerprint density at radius 3 is 2.77 bits per heavy atom. The molecule has 4 rings (SSSR count). The predicted octanol–water partition coefficient (Wildman–Crippen LogP) is 2.75. The van der Waals surface area contributed by atoms with Crippen molar-refractivity contribution in [1.82, 2.24) is 0 Å². The van der Waals surface area contributed by atoms with Crippen LogP contribution in [-0.4, -0.2) is 34.0 Å². The smallest absolute Gasteiger partial charge is 0.190 e. The van der Waals surface area contributed by atoms with Crippen LogP contribution >= 0.6 is 0 Å². The van der Waals surface area contributed by atoms with Gasteiger partial charge in [-0.3, -0.25) is 9.59 Å². The first-order valence-corrected chi connectivity index (χ1v) is 9.70. The van der Waals surface area contributed by atoms with E-state index in [2.05, 4.69) is 13.0 Å². The number of ketones is 2. The van der Waals surface area contributed by atoms with E-state index >= 15 is 0 Å². The number of carbonyl (C=O) groups excluding carboxylic acids is 2. The Balaban J connectivity index is 1.79. The standard InChI is InChI=1S/C22H28O4/c1-13-10-18-16-5-4-14-11-15(24)6-8-20(14,2)17(16)7-9-21(18,3)22(13,26)19(25)12-23/h6-8,11,13,16,18,23,26H,4-5,9-10,12H2,1-3H3/t13-,16?,18?,20+,21+,22+/m1/s1.